The van der Waals surface area contributed by atoms with Crippen molar-refractivity contribution in [3.63, 3.8) is 0 Å². The Balaban J connectivity index is 0.000000141. The molecule has 0 fully saturated rings. The molecule has 0 radical (unpaired) electrons. The molecule has 15 aromatic carbocycles. The van der Waals surface area contributed by atoms with Gasteiger partial charge in [0.1, 0.15) is 11.2 Å². The first kappa shape index (κ1) is 56.4. The van der Waals surface area contributed by atoms with Gasteiger partial charge in [-0.25, -0.2) is 0 Å². The highest BCUT2D eigenvalue weighted by molar-refractivity contribution is 7.00. The molecule has 0 bridgehead atoms. The summed E-state index contributed by atoms with van der Waals surface area (Å²) in [5.41, 5.74) is 30.2. The smallest absolute Gasteiger partial charge is 0.248 e. The minimum absolute atomic E-state index is 0.0176. The van der Waals surface area contributed by atoms with Crippen LogP contribution in [0.4, 0.5) is 34.1 Å². The molecular weight excluding hydrogens is 1160 g/mol. The summed E-state index contributed by atoms with van der Waals surface area (Å²) in [6.45, 7) is 0.0442. The van der Waals surface area contributed by atoms with Gasteiger partial charge in [0.05, 0.1) is 11.0 Å². The van der Waals surface area contributed by atoms with Crippen molar-refractivity contribution in [2.24, 2.45) is 0 Å². The maximum atomic E-state index is 6.20. The van der Waals surface area contributed by atoms with Crippen LogP contribution in [0.3, 0.4) is 0 Å². The lowest BCUT2D eigenvalue weighted by molar-refractivity contribution is 0.669. The predicted molar refractivity (Wildman–Crippen MR) is 408 cm³/mol. The predicted octanol–water partition coefficient (Wildman–Crippen LogP) is 19.6. The standard InChI is InChI=1S/C48H33BN2.C42H28BNO/c1-4-17-34(18-5-1)38-24-16-25-39(35-19-6-2-7-20-35)48(38)49-42-26-11-14-29-46(42)51(47-30-15-12-27-43(47)49)37-31-32-45-41(33-37)40-23-10-13-28-44(40)50(45)36-21-8-3-9-22-36;1-3-14-29(15-4-1)32-19-13-20-33(30-16-5-2-6-17-30)42(32)43-36-21-8-10-23-38(36)44(39-24-11-9-22-37(39)43)31-26-27-41-35(28-31)34-18-7-12-25-40(34)45-41/h1-33H;1-28H. The molecule has 0 saturated heterocycles. The SMILES string of the molecule is c1ccc(-c2cccc(-c3ccccc3)c2B2c3ccccc3N(c3ccc4c(c3)c3ccccc3n4-c3ccccc3)c3ccccc32)cc1.c1ccc(-c2cccc(-c3ccccc3)c2B2c3ccccc3N(c3ccc4oc5ccccc5c4c3)c3ccccc32)cc1. The number of anilines is 6. The van der Waals surface area contributed by atoms with Crippen molar-refractivity contribution in [1.82, 2.24) is 4.57 Å². The molecule has 2 aliphatic rings. The maximum Gasteiger partial charge on any atom is 0.248 e. The van der Waals surface area contributed by atoms with Gasteiger partial charge in [0, 0.05) is 61.4 Å². The van der Waals surface area contributed by atoms with E-state index in [9.17, 15) is 0 Å². The van der Waals surface area contributed by atoms with Gasteiger partial charge in [0.15, 0.2) is 0 Å². The van der Waals surface area contributed by atoms with Gasteiger partial charge in [-0.05, 0) is 151 Å². The third kappa shape index (κ3) is 9.56. The number of hydrogen-bond donors (Lipinski definition) is 0. The van der Waals surface area contributed by atoms with Gasteiger partial charge in [-0.3, -0.25) is 0 Å². The number of benzene rings is 15. The van der Waals surface area contributed by atoms with Crippen LogP contribution in [0.2, 0.25) is 0 Å². The van der Waals surface area contributed by atoms with Crippen molar-refractivity contribution in [3.8, 4) is 50.2 Å². The average molecular weight is 1220 g/mol. The molecule has 96 heavy (non-hydrogen) atoms. The molecule has 0 spiro atoms. The summed E-state index contributed by atoms with van der Waals surface area (Å²) in [6, 6.07) is 134. The second-order valence-corrected chi connectivity index (χ2v) is 24.9. The highest BCUT2D eigenvalue weighted by Crippen LogP contribution is 2.43. The van der Waals surface area contributed by atoms with Gasteiger partial charge in [0.25, 0.3) is 0 Å². The van der Waals surface area contributed by atoms with Gasteiger partial charge in [0.2, 0.25) is 13.4 Å². The van der Waals surface area contributed by atoms with Gasteiger partial charge in [-0.15, -0.1) is 0 Å². The van der Waals surface area contributed by atoms with Crippen LogP contribution < -0.4 is 42.6 Å². The van der Waals surface area contributed by atoms with E-state index in [0.29, 0.717) is 0 Å². The Labute approximate surface area is 559 Å². The lowest BCUT2D eigenvalue weighted by Crippen LogP contribution is -2.58. The van der Waals surface area contributed by atoms with Crippen LogP contribution in [0.1, 0.15) is 0 Å². The fourth-order valence-electron chi connectivity index (χ4n) is 15.6. The molecule has 448 valence electrons. The number of furan rings is 1. The van der Waals surface area contributed by atoms with E-state index in [4.69, 9.17) is 4.42 Å². The molecule has 4 nitrogen and oxygen atoms in total. The second-order valence-electron chi connectivity index (χ2n) is 24.9. The fourth-order valence-corrected chi connectivity index (χ4v) is 15.6. The Morgan fingerprint density at radius 3 is 1.00 bits per heavy atom. The average Bonchev–Trinajstić information content (AvgIpc) is 1.28. The molecule has 17 aromatic rings. The Morgan fingerprint density at radius 1 is 0.219 bits per heavy atom. The van der Waals surface area contributed by atoms with E-state index in [1.165, 1.54) is 128 Å². The first-order valence-corrected chi connectivity index (χ1v) is 33.1. The van der Waals surface area contributed by atoms with Crippen molar-refractivity contribution < 1.29 is 4.42 Å². The summed E-state index contributed by atoms with van der Waals surface area (Å²) in [6.07, 6.45) is 0. The minimum atomic E-state index is 0.0176. The van der Waals surface area contributed by atoms with Crippen molar-refractivity contribution >= 4 is 124 Å². The number of aromatic nitrogens is 1. The maximum absolute atomic E-state index is 6.20. The number of rotatable bonds is 9. The summed E-state index contributed by atoms with van der Waals surface area (Å²) in [5, 5.41) is 4.75. The van der Waals surface area contributed by atoms with Crippen LogP contribution in [0.5, 0.6) is 0 Å². The number of hydrogen-bond acceptors (Lipinski definition) is 3. The van der Waals surface area contributed by atoms with E-state index in [2.05, 4.69) is 372 Å². The van der Waals surface area contributed by atoms with Crippen LogP contribution in [-0.2, 0) is 0 Å². The molecule has 6 heteroatoms. The van der Waals surface area contributed by atoms with E-state index in [1.807, 2.05) is 12.1 Å². The molecule has 2 aliphatic heterocycles. The summed E-state index contributed by atoms with van der Waals surface area (Å²) >= 11 is 0. The quantitative estimate of drug-likeness (QED) is 0.135. The van der Waals surface area contributed by atoms with E-state index in [1.54, 1.807) is 0 Å². The summed E-state index contributed by atoms with van der Waals surface area (Å²) in [7, 11) is 0. The third-order valence-corrected chi connectivity index (χ3v) is 19.6. The van der Waals surface area contributed by atoms with E-state index in [0.717, 1.165) is 33.3 Å². The highest BCUT2D eigenvalue weighted by Gasteiger charge is 2.40. The largest absolute Gasteiger partial charge is 0.456 e. The summed E-state index contributed by atoms with van der Waals surface area (Å²) in [5.74, 6) is 0. The lowest BCUT2D eigenvalue weighted by Gasteiger charge is -2.38. The molecule has 0 unspecified atom stereocenters. The lowest BCUT2D eigenvalue weighted by atomic mass is 9.33. The molecule has 0 amide bonds. The zero-order chi connectivity index (χ0) is 63.5. The van der Waals surface area contributed by atoms with Gasteiger partial charge >= 0.3 is 0 Å². The molecule has 0 N–H and O–H groups in total. The Kier molecular flexibility index (Phi) is 14.1. The van der Waals surface area contributed by atoms with Gasteiger partial charge < -0.3 is 18.8 Å². The first-order valence-electron chi connectivity index (χ1n) is 33.1. The monoisotopic (exact) mass is 1220 g/mol. The van der Waals surface area contributed by atoms with Gasteiger partial charge in [-0.2, -0.15) is 0 Å². The number of para-hydroxylation sites is 7. The Morgan fingerprint density at radius 2 is 0.552 bits per heavy atom. The summed E-state index contributed by atoms with van der Waals surface area (Å²) in [4.78, 5) is 4.90. The number of nitrogens with zero attached hydrogens (tertiary/aromatic N) is 3. The highest BCUT2D eigenvalue weighted by atomic mass is 16.3. The van der Waals surface area contributed by atoms with Crippen LogP contribution in [0, 0.1) is 0 Å². The second kappa shape index (κ2) is 23.9. The van der Waals surface area contributed by atoms with Gasteiger partial charge in [-0.1, -0.05) is 296 Å². The van der Waals surface area contributed by atoms with Crippen LogP contribution in [-0.4, -0.2) is 18.0 Å². The zero-order valence-electron chi connectivity index (χ0n) is 52.6. The van der Waals surface area contributed by atoms with E-state index >= 15 is 0 Å². The molecule has 0 aliphatic carbocycles. The first-order chi connectivity index (χ1) is 47.7. The van der Waals surface area contributed by atoms with Crippen LogP contribution >= 0.6 is 0 Å². The number of fused-ring (bicyclic) bond motifs is 10. The van der Waals surface area contributed by atoms with E-state index < -0.39 is 0 Å². The summed E-state index contributed by atoms with van der Waals surface area (Å²) < 4.78 is 8.58. The van der Waals surface area contributed by atoms with E-state index in [-0.39, 0.29) is 13.4 Å². The van der Waals surface area contributed by atoms with Crippen molar-refractivity contribution in [2.75, 3.05) is 9.80 Å². The fraction of sp³-hybridized carbons (Fsp3) is 0. The van der Waals surface area contributed by atoms with Crippen molar-refractivity contribution in [1.29, 1.82) is 0 Å². The molecular formula is C90H61B2N3O. The molecule has 0 atom stereocenters. The minimum Gasteiger partial charge on any atom is -0.456 e. The molecule has 0 saturated carbocycles. The zero-order valence-corrected chi connectivity index (χ0v) is 52.6. The molecule has 4 heterocycles. The van der Waals surface area contributed by atoms with Crippen molar-refractivity contribution in [3.05, 3.63) is 370 Å². The Bertz CT molecular complexity index is 5540. The molecule has 2 aromatic heterocycles. The molecule has 19 rings (SSSR count). The van der Waals surface area contributed by atoms with Crippen LogP contribution in [0.25, 0.3) is 93.9 Å². The van der Waals surface area contributed by atoms with Crippen LogP contribution in [0.15, 0.2) is 374 Å². The normalized spacial score (nSPS) is 12.3. The van der Waals surface area contributed by atoms with Crippen molar-refractivity contribution in [2.45, 2.75) is 0 Å². The topological polar surface area (TPSA) is 24.6 Å². The third-order valence-electron chi connectivity index (χ3n) is 19.6. The Hall–Kier alpha value is -12.4.